The first kappa shape index (κ1) is 16.1. The molecule has 5 nitrogen and oxygen atoms in total. The molecule has 0 aromatic carbocycles. The molecule has 0 aliphatic carbocycles. The summed E-state index contributed by atoms with van der Waals surface area (Å²) in [5, 5.41) is 11.7. The second-order valence-corrected chi connectivity index (χ2v) is 5.49. The molecule has 1 amide bonds. The van der Waals surface area contributed by atoms with Gasteiger partial charge in [-0.05, 0) is 37.3 Å². The summed E-state index contributed by atoms with van der Waals surface area (Å²) < 4.78 is 0. The summed E-state index contributed by atoms with van der Waals surface area (Å²) in [5.74, 6) is -0.689. The fraction of sp³-hybridized carbons (Fsp3) is 0.533. The molecule has 0 bridgehead atoms. The van der Waals surface area contributed by atoms with Crippen molar-refractivity contribution >= 4 is 11.9 Å². The number of aryl methyl sites for hydroxylation is 1. The van der Waals surface area contributed by atoms with Crippen LogP contribution in [-0.2, 0) is 4.79 Å². The summed E-state index contributed by atoms with van der Waals surface area (Å²) in [6, 6.07) is 3.49. The first-order valence-electron chi connectivity index (χ1n) is 6.81. The molecule has 110 valence electrons. The van der Waals surface area contributed by atoms with Gasteiger partial charge in [0, 0.05) is 24.9 Å². The normalized spacial score (nSPS) is 12.2. The molecule has 20 heavy (non-hydrogen) atoms. The summed E-state index contributed by atoms with van der Waals surface area (Å²) in [6.07, 6.45) is 2.38. The quantitative estimate of drug-likeness (QED) is 0.801. The fourth-order valence-corrected chi connectivity index (χ4v) is 2.09. The molecular formula is C15H22N2O3. The van der Waals surface area contributed by atoms with Crippen LogP contribution in [0.5, 0.6) is 0 Å². The van der Waals surface area contributed by atoms with Crippen LogP contribution >= 0.6 is 0 Å². The molecule has 0 fully saturated rings. The molecule has 1 unspecified atom stereocenters. The van der Waals surface area contributed by atoms with E-state index in [2.05, 4.69) is 10.3 Å². The lowest BCUT2D eigenvalue weighted by atomic mass is 9.94. The number of rotatable bonds is 7. The number of carboxylic acids is 1. The highest BCUT2D eigenvalue weighted by atomic mass is 16.4. The van der Waals surface area contributed by atoms with E-state index in [4.69, 9.17) is 5.11 Å². The number of carbonyl (C=O) groups is 2. The Morgan fingerprint density at radius 3 is 2.55 bits per heavy atom. The van der Waals surface area contributed by atoms with Gasteiger partial charge in [0.2, 0.25) is 0 Å². The monoisotopic (exact) mass is 278 g/mol. The van der Waals surface area contributed by atoms with Crippen LogP contribution in [-0.4, -0.2) is 28.5 Å². The lowest BCUT2D eigenvalue weighted by Crippen LogP contribution is -2.31. The Morgan fingerprint density at radius 2 is 2.05 bits per heavy atom. The average molecular weight is 278 g/mol. The fourth-order valence-electron chi connectivity index (χ4n) is 2.09. The molecule has 5 heteroatoms. The van der Waals surface area contributed by atoms with Crippen LogP contribution in [0.1, 0.15) is 42.7 Å². The zero-order valence-corrected chi connectivity index (χ0v) is 12.2. The summed E-state index contributed by atoms with van der Waals surface area (Å²) >= 11 is 0. The minimum atomic E-state index is -0.832. The highest BCUT2D eigenvalue weighted by Crippen LogP contribution is 2.15. The SMILES string of the molecule is Cc1ccc(C(=O)NCC(CC(=O)O)CC(C)C)cn1. The number of hydrogen-bond donors (Lipinski definition) is 2. The van der Waals surface area contributed by atoms with E-state index < -0.39 is 5.97 Å². The molecule has 0 aliphatic heterocycles. The van der Waals surface area contributed by atoms with E-state index in [1.807, 2.05) is 20.8 Å². The first-order chi connectivity index (χ1) is 9.38. The molecule has 1 aromatic rings. The van der Waals surface area contributed by atoms with Crippen LogP contribution in [0.25, 0.3) is 0 Å². The van der Waals surface area contributed by atoms with E-state index in [0.29, 0.717) is 18.0 Å². The summed E-state index contributed by atoms with van der Waals surface area (Å²) in [5.41, 5.74) is 1.35. The van der Waals surface area contributed by atoms with Crippen molar-refractivity contribution in [2.45, 2.75) is 33.6 Å². The summed E-state index contributed by atoms with van der Waals surface area (Å²) in [4.78, 5) is 26.8. The van der Waals surface area contributed by atoms with Gasteiger partial charge in [0.05, 0.1) is 5.56 Å². The molecule has 1 atom stereocenters. The third-order valence-electron chi connectivity index (χ3n) is 2.99. The van der Waals surface area contributed by atoms with Gasteiger partial charge in [-0.1, -0.05) is 13.8 Å². The van der Waals surface area contributed by atoms with Crippen LogP contribution in [0.2, 0.25) is 0 Å². The Bertz CT molecular complexity index is 455. The second-order valence-electron chi connectivity index (χ2n) is 5.49. The van der Waals surface area contributed by atoms with Gasteiger partial charge < -0.3 is 10.4 Å². The third kappa shape index (κ3) is 5.82. The van der Waals surface area contributed by atoms with Crippen LogP contribution in [0.4, 0.5) is 0 Å². The molecule has 0 radical (unpaired) electrons. The maximum Gasteiger partial charge on any atom is 0.303 e. The Morgan fingerprint density at radius 1 is 1.35 bits per heavy atom. The zero-order chi connectivity index (χ0) is 15.1. The van der Waals surface area contributed by atoms with Crippen LogP contribution in [0.3, 0.4) is 0 Å². The van der Waals surface area contributed by atoms with Crippen molar-refractivity contribution in [3.63, 3.8) is 0 Å². The van der Waals surface area contributed by atoms with Crippen LogP contribution in [0.15, 0.2) is 18.3 Å². The topological polar surface area (TPSA) is 79.3 Å². The maximum atomic E-state index is 11.9. The molecule has 1 rings (SSSR count). The van der Waals surface area contributed by atoms with E-state index in [0.717, 1.165) is 12.1 Å². The highest BCUT2D eigenvalue weighted by molar-refractivity contribution is 5.93. The zero-order valence-electron chi connectivity index (χ0n) is 12.2. The van der Waals surface area contributed by atoms with E-state index in [1.165, 1.54) is 6.20 Å². The van der Waals surface area contributed by atoms with Crippen LogP contribution < -0.4 is 5.32 Å². The lowest BCUT2D eigenvalue weighted by Gasteiger charge is -2.17. The molecule has 0 spiro atoms. The summed E-state index contributed by atoms with van der Waals surface area (Å²) in [7, 11) is 0. The molecule has 0 saturated carbocycles. The minimum absolute atomic E-state index is 0.0464. The van der Waals surface area contributed by atoms with Gasteiger partial charge in [0.25, 0.3) is 5.91 Å². The van der Waals surface area contributed by atoms with Crippen molar-refractivity contribution in [2.75, 3.05) is 6.54 Å². The smallest absolute Gasteiger partial charge is 0.303 e. The van der Waals surface area contributed by atoms with Crippen molar-refractivity contribution < 1.29 is 14.7 Å². The number of pyridine rings is 1. The average Bonchev–Trinajstić information content (AvgIpc) is 2.35. The van der Waals surface area contributed by atoms with Gasteiger partial charge in [-0.15, -0.1) is 0 Å². The molecular weight excluding hydrogens is 256 g/mol. The summed E-state index contributed by atoms with van der Waals surface area (Å²) in [6.45, 7) is 6.31. The first-order valence-corrected chi connectivity index (χ1v) is 6.81. The number of nitrogens with one attached hydrogen (secondary N) is 1. The molecule has 1 heterocycles. The number of nitrogens with zero attached hydrogens (tertiary/aromatic N) is 1. The van der Waals surface area contributed by atoms with Gasteiger partial charge in [0.1, 0.15) is 0 Å². The molecule has 0 saturated heterocycles. The standard InChI is InChI=1S/C15H22N2O3/c1-10(2)6-12(7-14(18)19)8-17-15(20)13-5-4-11(3)16-9-13/h4-5,9-10,12H,6-8H2,1-3H3,(H,17,20)(H,18,19). The minimum Gasteiger partial charge on any atom is -0.481 e. The van der Waals surface area contributed by atoms with Gasteiger partial charge in [-0.25, -0.2) is 0 Å². The van der Waals surface area contributed by atoms with E-state index in [1.54, 1.807) is 12.1 Å². The van der Waals surface area contributed by atoms with E-state index in [-0.39, 0.29) is 18.2 Å². The predicted molar refractivity (Wildman–Crippen MR) is 76.5 cm³/mol. The van der Waals surface area contributed by atoms with Crippen molar-refractivity contribution in [3.05, 3.63) is 29.6 Å². The number of aromatic nitrogens is 1. The number of amides is 1. The molecule has 1 aromatic heterocycles. The maximum absolute atomic E-state index is 11.9. The van der Waals surface area contributed by atoms with Gasteiger partial charge in [-0.3, -0.25) is 14.6 Å². The number of aliphatic carboxylic acids is 1. The molecule has 0 aliphatic rings. The van der Waals surface area contributed by atoms with Gasteiger partial charge in [0.15, 0.2) is 0 Å². The van der Waals surface area contributed by atoms with E-state index >= 15 is 0 Å². The lowest BCUT2D eigenvalue weighted by molar-refractivity contribution is -0.138. The Labute approximate surface area is 119 Å². The number of carbonyl (C=O) groups excluding carboxylic acids is 1. The Hall–Kier alpha value is -1.91. The predicted octanol–water partition coefficient (Wildman–Crippen LogP) is 2.26. The van der Waals surface area contributed by atoms with Crippen molar-refractivity contribution in [1.82, 2.24) is 10.3 Å². The highest BCUT2D eigenvalue weighted by Gasteiger charge is 2.16. The van der Waals surface area contributed by atoms with Crippen molar-refractivity contribution in [2.24, 2.45) is 11.8 Å². The Kier molecular flexibility index (Phi) is 6.15. The van der Waals surface area contributed by atoms with Crippen molar-refractivity contribution in [1.29, 1.82) is 0 Å². The number of carboxylic acid groups (broad SMARTS) is 1. The van der Waals surface area contributed by atoms with E-state index in [9.17, 15) is 9.59 Å². The molecule has 2 N–H and O–H groups in total. The van der Waals surface area contributed by atoms with Gasteiger partial charge in [-0.2, -0.15) is 0 Å². The largest absolute Gasteiger partial charge is 0.481 e. The Balaban J connectivity index is 2.55. The van der Waals surface area contributed by atoms with Crippen molar-refractivity contribution in [3.8, 4) is 0 Å². The second kappa shape index (κ2) is 7.62. The van der Waals surface area contributed by atoms with Crippen LogP contribution in [0, 0.1) is 18.8 Å². The van der Waals surface area contributed by atoms with Gasteiger partial charge >= 0.3 is 5.97 Å². The number of hydrogen-bond acceptors (Lipinski definition) is 3. The third-order valence-corrected chi connectivity index (χ3v) is 2.99.